The smallest absolute Gasteiger partial charge is 0.173 e. The zero-order valence-electron chi connectivity index (χ0n) is 12.3. The Balaban J connectivity index is 2.00. The number of benzene rings is 2. The molecule has 0 fully saturated rings. The number of anilines is 5. The van der Waals surface area contributed by atoms with E-state index < -0.39 is 0 Å². The van der Waals surface area contributed by atoms with E-state index in [9.17, 15) is 0 Å². The van der Waals surface area contributed by atoms with Gasteiger partial charge in [-0.3, -0.25) is 10.4 Å². The lowest BCUT2D eigenvalue weighted by molar-refractivity contribution is 1.08. The molecule has 0 saturated heterocycles. The fraction of sp³-hybridized carbons (Fsp3) is 0. The van der Waals surface area contributed by atoms with Gasteiger partial charge in [-0.2, -0.15) is 0 Å². The minimum Gasteiger partial charge on any atom is -0.393 e. The highest BCUT2D eigenvalue weighted by atomic mass is 15.5. The summed E-state index contributed by atoms with van der Waals surface area (Å²) in [4.78, 5) is 8.17. The molecular formula is C16H17N7. The van der Waals surface area contributed by atoms with Crippen LogP contribution in [0, 0.1) is 0 Å². The van der Waals surface area contributed by atoms with Crippen molar-refractivity contribution in [3.8, 4) is 0 Å². The van der Waals surface area contributed by atoms with Crippen LogP contribution in [-0.4, -0.2) is 9.97 Å². The minimum absolute atomic E-state index is 0.340. The molecule has 7 heteroatoms. The highest BCUT2D eigenvalue weighted by Gasteiger charge is 2.13. The van der Waals surface area contributed by atoms with Gasteiger partial charge in [0, 0.05) is 0 Å². The highest BCUT2D eigenvalue weighted by molar-refractivity contribution is 5.77. The summed E-state index contributed by atoms with van der Waals surface area (Å²) in [5, 5.41) is 1.89. The number of nitrogens with two attached hydrogens (primary N) is 2. The molecule has 0 aliphatic rings. The zero-order chi connectivity index (χ0) is 16.1. The highest BCUT2D eigenvalue weighted by Crippen LogP contribution is 2.28. The van der Waals surface area contributed by atoms with E-state index in [1.54, 1.807) is 0 Å². The number of rotatable bonds is 5. The number of nitrogens with zero attached hydrogens (tertiary/aromatic N) is 3. The quantitative estimate of drug-likeness (QED) is 0.424. The summed E-state index contributed by atoms with van der Waals surface area (Å²) < 4.78 is 0. The number of nitrogens with one attached hydrogen (secondary N) is 2. The van der Waals surface area contributed by atoms with Crippen LogP contribution in [0.25, 0.3) is 0 Å². The fourth-order valence-corrected chi connectivity index (χ4v) is 2.14. The van der Waals surface area contributed by atoms with Gasteiger partial charge in [-0.05, 0) is 24.3 Å². The van der Waals surface area contributed by atoms with E-state index in [1.165, 1.54) is 6.33 Å². The van der Waals surface area contributed by atoms with Crippen molar-refractivity contribution in [1.29, 1.82) is 0 Å². The van der Waals surface area contributed by atoms with Gasteiger partial charge in [-0.15, -0.1) is 0 Å². The third-order valence-electron chi connectivity index (χ3n) is 3.27. The van der Waals surface area contributed by atoms with E-state index >= 15 is 0 Å². The molecule has 0 unspecified atom stereocenters. The van der Waals surface area contributed by atoms with Gasteiger partial charge in [0.1, 0.15) is 12.0 Å². The predicted octanol–water partition coefficient (Wildman–Crippen LogP) is 2.51. The van der Waals surface area contributed by atoms with Crippen LogP contribution in [0.3, 0.4) is 0 Å². The topological polar surface area (TPSA) is 105 Å². The molecule has 23 heavy (non-hydrogen) atoms. The molecule has 0 radical (unpaired) electrons. The third kappa shape index (κ3) is 3.14. The maximum Gasteiger partial charge on any atom is 0.173 e. The second kappa shape index (κ2) is 6.63. The molecule has 0 saturated carbocycles. The summed E-state index contributed by atoms with van der Waals surface area (Å²) in [6, 6.07) is 19.7. The molecule has 0 atom stereocenters. The predicted molar refractivity (Wildman–Crippen MR) is 92.9 cm³/mol. The molecule has 6 N–H and O–H groups in total. The van der Waals surface area contributed by atoms with Gasteiger partial charge in [0.05, 0.1) is 11.4 Å². The molecule has 0 amide bonds. The van der Waals surface area contributed by atoms with Gasteiger partial charge in [0.15, 0.2) is 11.6 Å². The van der Waals surface area contributed by atoms with Gasteiger partial charge in [-0.1, -0.05) is 36.4 Å². The van der Waals surface area contributed by atoms with Crippen LogP contribution >= 0.6 is 0 Å². The van der Waals surface area contributed by atoms with Gasteiger partial charge >= 0.3 is 0 Å². The van der Waals surface area contributed by atoms with Crippen molar-refractivity contribution in [1.82, 2.24) is 9.97 Å². The summed E-state index contributed by atoms with van der Waals surface area (Å²) in [7, 11) is 0. The Morgan fingerprint density at radius 3 is 1.83 bits per heavy atom. The number of hydrogen-bond donors (Lipinski definition) is 4. The molecule has 7 nitrogen and oxygen atoms in total. The largest absolute Gasteiger partial charge is 0.393 e. The zero-order valence-corrected chi connectivity index (χ0v) is 12.3. The SMILES string of the molecule is NNc1ncnc(NN(c2ccccc2)c2ccccc2)c1N. The van der Waals surface area contributed by atoms with Crippen molar-refractivity contribution in [3.05, 3.63) is 67.0 Å². The number of hydrogen-bond acceptors (Lipinski definition) is 7. The van der Waals surface area contributed by atoms with E-state index in [0.717, 1.165) is 11.4 Å². The van der Waals surface area contributed by atoms with Gasteiger partial charge in [-0.25, -0.2) is 15.8 Å². The van der Waals surface area contributed by atoms with Crippen LogP contribution in [-0.2, 0) is 0 Å². The van der Waals surface area contributed by atoms with Gasteiger partial charge in [0.2, 0.25) is 0 Å². The third-order valence-corrected chi connectivity index (χ3v) is 3.27. The first kappa shape index (κ1) is 14.6. The Hall–Kier alpha value is -3.32. The molecule has 1 heterocycles. The fourth-order valence-electron chi connectivity index (χ4n) is 2.14. The molecule has 0 aliphatic heterocycles. The normalized spacial score (nSPS) is 10.1. The monoisotopic (exact) mass is 307 g/mol. The first-order chi connectivity index (χ1) is 11.3. The first-order valence-corrected chi connectivity index (χ1v) is 7.03. The summed E-state index contributed by atoms with van der Waals surface area (Å²) >= 11 is 0. The standard InChI is InChI=1S/C16H17N7/c17-14-15(21-18)19-11-20-16(14)22-23(12-7-3-1-4-8-12)13-9-5-2-6-10-13/h1-11H,17-18H2,(H2,19,20,21,22). The van der Waals surface area contributed by atoms with Crippen molar-refractivity contribution in [2.24, 2.45) is 5.84 Å². The van der Waals surface area contributed by atoms with Crippen LogP contribution in [0.1, 0.15) is 0 Å². The summed E-state index contributed by atoms with van der Waals surface area (Å²) in [5.41, 5.74) is 13.9. The lowest BCUT2D eigenvalue weighted by atomic mass is 10.2. The Morgan fingerprint density at radius 1 is 0.783 bits per heavy atom. The minimum atomic E-state index is 0.340. The maximum atomic E-state index is 6.04. The van der Waals surface area contributed by atoms with Gasteiger partial charge in [0.25, 0.3) is 0 Å². The number of para-hydroxylation sites is 2. The number of nitrogen functional groups attached to an aromatic ring is 2. The molecular weight excluding hydrogens is 290 g/mol. The van der Waals surface area contributed by atoms with Crippen molar-refractivity contribution < 1.29 is 0 Å². The van der Waals surface area contributed by atoms with Crippen LogP contribution in [0.4, 0.5) is 28.7 Å². The molecule has 0 aliphatic carbocycles. The summed E-state index contributed by atoms with van der Waals surface area (Å²) in [6.45, 7) is 0. The Kier molecular flexibility index (Phi) is 4.21. The molecule has 0 bridgehead atoms. The molecule has 2 aromatic carbocycles. The van der Waals surface area contributed by atoms with E-state index in [0.29, 0.717) is 17.3 Å². The lowest BCUT2D eigenvalue weighted by Crippen LogP contribution is -2.26. The molecule has 0 spiro atoms. The Labute approximate surface area is 133 Å². The molecule has 3 rings (SSSR count). The van der Waals surface area contributed by atoms with Crippen LogP contribution in [0.15, 0.2) is 67.0 Å². The van der Waals surface area contributed by atoms with Crippen LogP contribution in [0.5, 0.6) is 0 Å². The molecule has 116 valence electrons. The van der Waals surface area contributed by atoms with Crippen LogP contribution < -0.4 is 27.4 Å². The van der Waals surface area contributed by atoms with E-state index in [2.05, 4.69) is 20.8 Å². The van der Waals surface area contributed by atoms with E-state index in [4.69, 9.17) is 11.6 Å². The molecule has 3 aromatic rings. The second-order valence-corrected chi connectivity index (χ2v) is 4.75. The summed E-state index contributed by atoms with van der Waals surface area (Å²) in [5.74, 6) is 6.23. The number of hydrazine groups is 2. The average Bonchev–Trinajstić information content (AvgIpc) is 2.62. The molecule has 1 aromatic heterocycles. The number of aromatic nitrogens is 2. The second-order valence-electron chi connectivity index (χ2n) is 4.75. The van der Waals surface area contributed by atoms with E-state index in [-0.39, 0.29) is 0 Å². The van der Waals surface area contributed by atoms with Crippen molar-refractivity contribution in [2.45, 2.75) is 0 Å². The maximum absolute atomic E-state index is 6.04. The van der Waals surface area contributed by atoms with Crippen LogP contribution in [0.2, 0.25) is 0 Å². The average molecular weight is 307 g/mol. The van der Waals surface area contributed by atoms with Gasteiger partial charge < -0.3 is 11.2 Å². The van der Waals surface area contributed by atoms with Crippen molar-refractivity contribution in [2.75, 3.05) is 21.6 Å². The Bertz CT molecular complexity index is 722. The Morgan fingerprint density at radius 2 is 1.30 bits per heavy atom. The lowest BCUT2D eigenvalue weighted by Gasteiger charge is -2.26. The van der Waals surface area contributed by atoms with Crippen molar-refractivity contribution >= 4 is 28.7 Å². The first-order valence-electron chi connectivity index (χ1n) is 7.03. The summed E-state index contributed by atoms with van der Waals surface area (Å²) in [6.07, 6.45) is 1.39. The van der Waals surface area contributed by atoms with E-state index in [1.807, 2.05) is 65.7 Å². The van der Waals surface area contributed by atoms with Crippen molar-refractivity contribution in [3.63, 3.8) is 0 Å².